The molecule has 2 rings (SSSR count). The SMILES string of the molecule is CC(NC(=O)c1ccc(Cl)cc1)C(=O)NCCCN1CCNCC1.Cl. The lowest BCUT2D eigenvalue weighted by Gasteiger charge is -2.27. The third-order valence-corrected chi connectivity index (χ3v) is 4.26. The quantitative estimate of drug-likeness (QED) is 0.615. The van der Waals surface area contributed by atoms with Gasteiger partial charge in [-0.2, -0.15) is 0 Å². The molecule has 1 aromatic carbocycles. The van der Waals surface area contributed by atoms with E-state index < -0.39 is 6.04 Å². The molecule has 1 atom stereocenters. The van der Waals surface area contributed by atoms with Gasteiger partial charge in [0.15, 0.2) is 0 Å². The van der Waals surface area contributed by atoms with Gasteiger partial charge in [0.25, 0.3) is 5.91 Å². The van der Waals surface area contributed by atoms with E-state index in [-0.39, 0.29) is 24.2 Å². The molecule has 0 radical (unpaired) electrons. The summed E-state index contributed by atoms with van der Waals surface area (Å²) in [5, 5.41) is 9.45. The number of hydrogen-bond acceptors (Lipinski definition) is 4. The van der Waals surface area contributed by atoms with Gasteiger partial charge in [0, 0.05) is 43.3 Å². The van der Waals surface area contributed by atoms with Crippen LogP contribution in [0.15, 0.2) is 24.3 Å². The van der Waals surface area contributed by atoms with Gasteiger partial charge in [-0.3, -0.25) is 9.59 Å². The zero-order valence-corrected chi connectivity index (χ0v) is 16.0. The highest BCUT2D eigenvalue weighted by atomic mass is 35.5. The Morgan fingerprint density at radius 3 is 2.52 bits per heavy atom. The molecular formula is C17H26Cl2N4O2. The highest BCUT2D eigenvalue weighted by Crippen LogP contribution is 2.09. The van der Waals surface area contributed by atoms with E-state index in [4.69, 9.17) is 11.6 Å². The van der Waals surface area contributed by atoms with E-state index in [0.29, 0.717) is 17.1 Å². The fourth-order valence-corrected chi connectivity index (χ4v) is 2.67. The summed E-state index contributed by atoms with van der Waals surface area (Å²) in [4.78, 5) is 26.5. The Morgan fingerprint density at radius 2 is 1.88 bits per heavy atom. The van der Waals surface area contributed by atoms with Crippen LogP contribution in [0.4, 0.5) is 0 Å². The van der Waals surface area contributed by atoms with Crippen molar-refractivity contribution in [2.45, 2.75) is 19.4 Å². The maximum absolute atomic E-state index is 12.1. The third-order valence-electron chi connectivity index (χ3n) is 4.01. The molecular weight excluding hydrogens is 363 g/mol. The molecule has 140 valence electrons. The van der Waals surface area contributed by atoms with E-state index in [9.17, 15) is 9.59 Å². The maximum atomic E-state index is 12.1. The first kappa shape index (κ1) is 21.7. The van der Waals surface area contributed by atoms with Crippen molar-refractivity contribution in [1.82, 2.24) is 20.9 Å². The molecule has 1 fully saturated rings. The molecule has 1 heterocycles. The van der Waals surface area contributed by atoms with Crippen molar-refractivity contribution in [3.05, 3.63) is 34.9 Å². The number of nitrogens with zero attached hydrogens (tertiary/aromatic N) is 1. The molecule has 6 nitrogen and oxygen atoms in total. The molecule has 8 heteroatoms. The highest BCUT2D eigenvalue weighted by Gasteiger charge is 2.16. The molecule has 0 saturated carbocycles. The Labute approximate surface area is 160 Å². The van der Waals surface area contributed by atoms with Crippen molar-refractivity contribution in [2.24, 2.45) is 0 Å². The van der Waals surface area contributed by atoms with Crippen molar-refractivity contribution in [3.8, 4) is 0 Å². The second kappa shape index (κ2) is 11.3. The minimum Gasteiger partial charge on any atom is -0.354 e. The zero-order chi connectivity index (χ0) is 17.4. The summed E-state index contributed by atoms with van der Waals surface area (Å²) in [5.74, 6) is -0.451. The van der Waals surface area contributed by atoms with E-state index >= 15 is 0 Å². The normalized spacial score (nSPS) is 15.8. The number of hydrogen-bond donors (Lipinski definition) is 3. The smallest absolute Gasteiger partial charge is 0.251 e. The summed E-state index contributed by atoms with van der Waals surface area (Å²) in [7, 11) is 0. The second-order valence-corrected chi connectivity index (χ2v) is 6.37. The van der Waals surface area contributed by atoms with Crippen LogP contribution in [0.1, 0.15) is 23.7 Å². The lowest BCUT2D eigenvalue weighted by atomic mass is 10.2. The van der Waals surface area contributed by atoms with Crippen LogP contribution in [0.5, 0.6) is 0 Å². The van der Waals surface area contributed by atoms with E-state index in [1.54, 1.807) is 31.2 Å². The lowest BCUT2D eigenvalue weighted by Crippen LogP contribution is -2.46. The van der Waals surface area contributed by atoms with Crippen LogP contribution >= 0.6 is 24.0 Å². The maximum Gasteiger partial charge on any atom is 0.251 e. The monoisotopic (exact) mass is 388 g/mol. The number of amides is 2. The Hall–Kier alpha value is -1.34. The average Bonchev–Trinajstić information content (AvgIpc) is 2.60. The Morgan fingerprint density at radius 1 is 1.24 bits per heavy atom. The standard InChI is InChI=1S/C17H25ClN4O2.ClH/c1-13(21-17(24)14-3-5-15(18)6-4-14)16(23)20-7-2-10-22-11-8-19-9-12-22;/h3-6,13,19H,2,7-12H2,1H3,(H,20,23)(H,21,24);1H. The van der Waals surface area contributed by atoms with Gasteiger partial charge in [-0.05, 0) is 44.2 Å². The fourth-order valence-electron chi connectivity index (χ4n) is 2.55. The predicted octanol–water partition coefficient (Wildman–Crippen LogP) is 1.29. The topological polar surface area (TPSA) is 73.5 Å². The molecule has 1 aromatic rings. The van der Waals surface area contributed by atoms with Crippen LogP contribution in [-0.4, -0.2) is 62.0 Å². The summed E-state index contributed by atoms with van der Waals surface area (Å²) in [6.07, 6.45) is 0.906. The van der Waals surface area contributed by atoms with E-state index in [1.807, 2.05) is 0 Å². The number of nitrogens with one attached hydrogen (secondary N) is 3. The highest BCUT2D eigenvalue weighted by molar-refractivity contribution is 6.30. The molecule has 3 N–H and O–H groups in total. The van der Waals surface area contributed by atoms with Crippen molar-refractivity contribution in [1.29, 1.82) is 0 Å². The number of carbonyl (C=O) groups excluding carboxylic acids is 2. The summed E-state index contributed by atoms with van der Waals surface area (Å²) in [6.45, 7) is 7.44. The van der Waals surface area contributed by atoms with Crippen molar-refractivity contribution in [2.75, 3.05) is 39.3 Å². The van der Waals surface area contributed by atoms with Gasteiger partial charge in [-0.1, -0.05) is 11.6 Å². The second-order valence-electron chi connectivity index (χ2n) is 5.94. The molecule has 1 saturated heterocycles. The molecule has 0 aromatic heterocycles. The minimum atomic E-state index is -0.577. The largest absolute Gasteiger partial charge is 0.354 e. The van der Waals surface area contributed by atoms with Gasteiger partial charge >= 0.3 is 0 Å². The van der Waals surface area contributed by atoms with Gasteiger partial charge in [-0.15, -0.1) is 12.4 Å². The van der Waals surface area contributed by atoms with Gasteiger partial charge in [0.05, 0.1) is 0 Å². The molecule has 1 unspecified atom stereocenters. The molecule has 2 amide bonds. The number of rotatable bonds is 7. The van der Waals surface area contributed by atoms with Crippen LogP contribution in [0.25, 0.3) is 0 Å². The van der Waals surface area contributed by atoms with Crippen molar-refractivity contribution in [3.63, 3.8) is 0 Å². The molecule has 0 bridgehead atoms. The molecule has 0 spiro atoms. The van der Waals surface area contributed by atoms with Gasteiger partial charge < -0.3 is 20.9 Å². The van der Waals surface area contributed by atoms with E-state index in [2.05, 4.69) is 20.9 Å². The average molecular weight is 389 g/mol. The third kappa shape index (κ3) is 7.61. The Balaban J connectivity index is 0.00000312. The van der Waals surface area contributed by atoms with E-state index in [0.717, 1.165) is 39.1 Å². The zero-order valence-electron chi connectivity index (χ0n) is 14.4. The Bertz CT molecular complexity index is 548. The Kier molecular flexibility index (Phi) is 9.82. The minimum absolute atomic E-state index is 0. The van der Waals surface area contributed by atoms with E-state index in [1.165, 1.54) is 0 Å². The van der Waals surface area contributed by atoms with Crippen LogP contribution in [0.2, 0.25) is 5.02 Å². The number of halogens is 2. The van der Waals surface area contributed by atoms with Gasteiger partial charge in [0.2, 0.25) is 5.91 Å². The number of piperazine rings is 1. The molecule has 0 aliphatic carbocycles. The van der Waals surface area contributed by atoms with Crippen LogP contribution in [-0.2, 0) is 4.79 Å². The molecule has 25 heavy (non-hydrogen) atoms. The summed E-state index contributed by atoms with van der Waals surface area (Å²) >= 11 is 5.80. The first-order valence-electron chi connectivity index (χ1n) is 8.33. The van der Waals surface area contributed by atoms with Crippen molar-refractivity contribution < 1.29 is 9.59 Å². The summed E-state index contributed by atoms with van der Waals surface area (Å²) in [6, 6.07) is 5.99. The van der Waals surface area contributed by atoms with Crippen LogP contribution in [0.3, 0.4) is 0 Å². The first-order valence-corrected chi connectivity index (χ1v) is 8.71. The van der Waals surface area contributed by atoms with Crippen molar-refractivity contribution >= 4 is 35.8 Å². The summed E-state index contributed by atoms with van der Waals surface area (Å²) in [5.41, 5.74) is 0.484. The summed E-state index contributed by atoms with van der Waals surface area (Å²) < 4.78 is 0. The van der Waals surface area contributed by atoms with Crippen LogP contribution in [0, 0.1) is 0 Å². The molecule has 1 aliphatic heterocycles. The fraction of sp³-hybridized carbons (Fsp3) is 0.529. The first-order chi connectivity index (χ1) is 11.6. The predicted molar refractivity (Wildman–Crippen MR) is 103 cm³/mol. The lowest BCUT2D eigenvalue weighted by molar-refractivity contribution is -0.122. The van der Waals surface area contributed by atoms with Gasteiger partial charge in [-0.25, -0.2) is 0 Å². The molecule has 1 aliphatic rings. The number of benzene rings is 1. The van der Waals surface area contributed by atoms with Crippen LogP contribution < -0.4 is 16.0 Å². The van der Waals surface area contributed by atoms with Gasteiger partial charge in [0.1, 0.15) is 6.04 Å². The number of carbonyl (C=O) groups is 2.